The van der Waals surface area contributed by atoms with Gasteiger partial charge in [0, 0.05) is 23.6 Å². The van der Waals surface area contributed by atoms with E-state index in [0.29, 0.717) is 25.0 Å². The van der Waals surface area contributed by atoms with Gasteiger partial charge in [-0.25, -0.2) is 17.2 Å². The van der Waals surface area contributed by atoms with Crippen molar-refractivity contribution in [2.24, 2.45) is 0 Å². The Morgan fingerprint density at radius 1 is 0.944 bits per heavy atom. The van der Waals surface area contributed by atoms with Crippen LogP contribution in [0.25, 0.3) is 10.9 Å². The minimum Gasteiger partial charge on any atom is -0.487 e. The van der Waals surface area contributed by atoms with Gasteiger partial charge in [0.25, 0.3) is 0 Å². The number of halogens is 4. The second kappa shape index (κ2) is 10.7. The van der Waals surface area contributed by atoms with Gasteiger partial charge in [-0.3, -0.25) is 0 Å². The molecule has 5 nitrogen and oxygen atoms in total. The average Bonchev–Trinajstić information content (AvgIpc) is 3.28. The molecule has 0 radical (unpaired) electrons. The third-order valence-corrected chi connectivity index (χ3v) is 7.42. The van der Waals surface area contributed by atoms with Gasteiger partial charge in [0.2, 0.25) is 9.84 Å². The fraction of sp³-hybridized carbons (Fsp3) is 0.231. The Morgan fingerprint density at radius 3 is 2.47 bits per heavy atom. The summed E-state index contributed by atoms with van der Waals surface area (Å²) in [5, 5.41) is 4.16. The second-order valence-corrected chi connectivity index (χ2v) is 10.2. The van der Waals surface area contributed by atoms with Gasteiger partial charge in [-0.05, 0) is 60.5 Å². The second-order valence-electron chi connectivity index (χ2n) is 8.26. The molecule has 4 aromatic rings. The topological polar surface area (TPSA) is 71.2 Å². The lowest BCUT2D eigenvalue weighted by molar-refractivity contribution is -0.148. The van der Waals surface area contributed by atoms with E-state index in [1.165, 1.54) is 12.1 Å². The molecule has 0 atom stereocenters. The number of benzene rings is 3. The number of sulfone groups is 1. The first-order valence-electron chi connectivity index (χ1n) is 11.2. The fourth-order valence-corrected chi connectivity index (χ4v) is 5.03. The van der Waals surface area contributed by atoms with E-state index in [0.717, 1.165) is 16.5 Å². The largest absolute Gasteiger partial charge is 0.487 e. The lowest BCUT2D eigenvalue weighted by atomic mass is 10.1. The number of ether oxygens (including phenoxy) is 1. The molecule has 0 saturated carbocycles. The summed E-state index contributed by atoms with van der Waals surface area (Å²) in [6.07, 6.45) is -1.29. The highest BCUT2D eigenvalue weighted by Crippen LogP contribution is 2.27. The molecule has 10 heteroatoms. The number of fused-ring (bicyclic) bond motifs is 1. The quantitative estimate of drug-likeness (QED) is 0.199. The summed E-state index contributed by atoms with van der Waals surface area (Å²) in [5.74, 6) is -4.12. The van der Waals surface area contributed by atoms with Gasteiger partial charge in [-0.1, -0.05) is 36.4 Å². The van der Waals surface area contributed by atoms with Crippen LogP contribution in [0.2, 0.25) is 0 Å². The summed E-state index contributed by atoms with van der Waals surface area (Å²) >= 11 is 0. The van der Waals surface area contributed by atoms with Gasteiger partial charge in [0.05, 0.1) is 9.79 Å². The summed E-state index contributed by atoms with van der Waals surface area (Å²) in [6, 6.07) is 19.6. The molecule has 1 heterocycles. The van der Waals surface area contributed by atoms with Crippen LogP contribution in [0.3, 0.4) is 0 Å². The maximum Gasteiger partial charge on any atom is 0.340 e. The maximum absolute atomic E-state index is 13.1. The minimum atomic E-state index is -4.21. The van der Waals surface area contributed by atoms with Crippen molar-refractivity contribution in [1.82, 2.24) is 10.3 Å². The maximum atomic E-state index is 13.1. The Labute approximate surface area is 206 Å². The summed E-state index contributed by atoms with van der Waals surface area (Å²) in [5.41, 5.74) is 2.47. The van der Waals surface area contributed by atoms with Crippen molar-refractivity contribution in [2.45, 2.75) is 35.1 Å². The predicted molar refractivity (Wildman–Crippen MR) is 128 cm³/mol. The van der Waals surface area contributed by atoms with Crippen molar-refractivity contribution >= 4 is 20.7 Å². The van der Waals surface area contributed by atoms with E-state index in [1.54, 1.807) is 60.7 Å². The molecule has 0 amide bonds. The fourth-order valence-electron chi connectivity index (χ4n) is 3.72. The van der Waals surface area contributed by atoms with Crippen LogP contribution < -0.4 is 10.1 Å². The Bertz CT molecular complexity index is 1420. The van der Waals surface area contributed by atoms with Gasteiger partial charge >= 0.3 is 12.3 Å². The number of hydrogen-bond acceptors (Lipinski definition) is 4. The van der Waals surface area contributed by atoms with E-state index in [-0.39, 0.29) is 15.5 Å². The molecule has 0 fully saturated rings. The molecule has 190 valence electrons. The van der Waals surface area contributed by atoms with E-state index in [4.69, 9.17) is 4.74 Å². The van der Waals surface area contributed by atoms with Gasteiger partial charge in [-0.15, -0.1) is 0 Å². The number of hydrogen-bond donors (Lipinski definition) is 2. The number of aromatic amines is 1. The first-order valence-corrected chi connectivity index (χ1v) is 12.6. The summed E-state index contributed by atoms with van der Waals surface area (Å²) < 4.78 is 81.3. The molecule has 0 bridgehead atoms. The van der Waals surface area contributed by atoms with Crippen LogP contribution >= 0.6 is 0 Å². The van der Waals surface area contributed by atoms with Crippen molar-refractivity contribution in [3.63, 3.8) is 0 Å². The zero-order chi connectivity index (χ0) is 25.8. The molecule has 0 aliphatic rings. The lowest BCUT2D eigenvalue weighted by Gasteiger charge is -2.16. The number of alkyl halides is 4. The number of H-pyrrole nitrogens is 1. The summed E-state index contributed by atoms with van der Waals surface area (Å²) in [6.45, 7) is -0.383. The van der Waals surface area contributed by atoms with E-state index < -0.39 is 28.8 Å². The molecule has 4 rings (SSSR count). The Morgan fingerprint density at radius 2 is 1.72 bits per heavy atom. The van der Waals surface area contributed by atoms with E-state index in [2.05, 4.69) is 10.3 Å². The Balaban J connectivity index is 1.34. The highest BCUT2D eigenvalue weighted by molar-refractivity contribution is 7.91. The summed E-state index contributed by atoms with van der Waals surface area (Å²) in [4.78, 5) is 3.57. The van der Waals surface area contributed by atoms with Crippen molar-refractivity contribution in [3.8, 4) is 5.75 Å². The zero-order valence-electron chi connectivity index (χ0n) is 19.1. The Hall–Kier alpha value is -3.37. The molecule has 2 N–H and O–H groups in total. The zero-order valence-corrected chi connectivity index (χ0v) is 19.9. The molecule has 0 unspecified atom stereocenters. The molecule has 1 aromatic heterocycles. The van der Waals surface area contributed by atoms with Crippen LogP contribution in [-0.4, -0.2) is 38.9 Å². The van der Waals surface area contributed by atoms with Crippen LogP contribution in [0, 0.1) is 0 Å². The summed E-state index contributed by atoms with van der Waals surface area (Å²) in [7, 11) is -3.61. The number of aromatic nitrogens is 1. The highest BCUT2D eigenvalue weighted by atomic mass is 32.2. The van der Waals surface area contributed by atoms with E-state index in [9.17, 15) is 26.0 Å². The molecule has 0 saturated heterocycles. The average molecular weight is 521 g/mol. The van der Waals surface area contributed by atoms with Crippen molar-refractivity contribution in [2.75, 3.05) is 13.2 Å². The van der Waals surface area contributed by atoms with Gasteiger partial charge in [-0.2, -0.15) is 8.78 Å². The monoisotopic (exact) mass is 520 g/mol. The van der Waals surface area contributed by atoms with Crippen molar-refractivity contribution in [3.05, 3.63) is 90.1 Å². The van der Waals surface area contributed by atoms with Gasteiger partial charge < -0.3 is 15.0 Å². The number of rotatable bonds is 11. The predicted octanol–water partition coefficient (Wildman–Crippen LogP) is 5.61. The Kier molecular flexibility index (Phi) is 7.65. The number of nitrogens with one attached hydrogen (secondary N) is 2. The normalized spacial score (nSPS) is 12.4. The molecule has 0 aliphatic carbocycles. The lowest BCUT2D eigenvalue weighted by Crippen LogP contribution is -2.33. The SMILES string of the molecule is O=S(=O)(c1ccccc1)c1ccc2c(CCNCc3cccc(OCC(F)(F)C(F)F)c3)c[nH]c2c1. The van der Waals surface area contributed by atoms with Crippen LogP contribution in [0.1, 0.15) is 11.1 Å². The van der Waals surface area contributed by atoms with Crippen molar-refractivity contribution in [1.29, 1.82) is 0 Å². The first kappa shape index (κ1) is 25.7. The van der Waals surface area contributed by atoms with Crippen LogP contribution in [-0.2, 0) is 22.8 Å². The molecule has 36 heavy (non-hydrogen) atoms. The third kappa shape index (κ3) is 5.88. The smallest absolute Gasteiger partial charge is 0.340 e. The first-order chi connectivity index (χ1) is 17.2. The van der Waals surface area contributed by atoms with E-state index in [1.807, 2.05) is 6.20 Å². The van der Waals surface area contributed by atoms with Crippen LogP contribution in [0.5, 0.6) is 5.75 Å². The third-order valence-electron chi connectivity index (χ3n) is 5.65. The minimum absolute atomic E-state index is 0.0903. The molecule has 3 aromatic carbocycles. The van der Waals surface area contributed by atoms with Crippen molar-refractivity contribution < 1.29 is 30.7 Å². The van der Waals surface area contributed by atoms with Crippen LogP contribution in [0.4, 0.5) is 17.6 Å². The van der Waals surface area contributed by atoms with E-state index >= 15 is 0 Å². The standard InChI is InChI=1S/C26H24F4N2O3S/c27-25(28)26(29,30)17-35-20-6-4-5-18(13-20)15-31-12-11-19-16-32-24-14-22(9-10-23(19)24)36(33,34)21-7-2-1-3-8-21/h1-10,13-14,16,25,31-32H,11-12,15,17H2. The van der Waals surface area contributed by atoms with Gasteiger partial charge in [0.15, 0.2) is 6.61 Å². The van der Waals surface area contributed by atoms with Gasteiger partial charge in [0.1, 0.15) is 5.75 Å². The molecule has 0 aliphatic heterocycles. The highest BCUT2D eigenvalue weighted by Gasteiger charge is 2.41. The molecular weight excluding hydrogens is 496 g/mol. The van der Waals surface area contributed by atoms with Crippen LogP contribution in [0.15, 0.2) is 88.8 Å². The molecule has 0 spiro atoms. The molecular formula is C26H24F4N2O3S.